The van der Waals surface area contributed by atoms with E-state index < -0.39 is 8.38 Å². The van der Waals surface area contributed by atoms with Gasteiger partial charge in [0, 0.05) is 7.11 Å². The Kier molecular flexibility index (Phi) is 6.73. The van der Waals surface area contributed by atoms with Crippen LogP contribution in [0.5, 0.6) is 11.5 Å². The van der Waals surface area contributed by atoms with Crippen LogP contribution in [0.2, 0.25) is 0 Å². The minimum atomic E-state index is -1.27. The number of hydrogen-bond donors (Lipinski definition) is 0. The first-order valence-corrected chi connectivity index (χ1v) is 8.23. The van der Waals surface area contributed by atoms with E-state index >= 15 is 0 Å². The van der Waals surface area contributed by atoms with E-state index in [1.165, 1.54) is 0 Å². The van der Waals surface area contributed by atoms with E-state index in [0.717, 1.165) is 11.5 Å². The van der Waals surface area contributed by atoms with Gasteiger partial charge in [0.2, 0.25) is 0 Å². The molecule has 0 aliphatic rings. The fraction of sp³-hybridized carbons (Fsp3) is 0.167. The van der Waals surface area contributed by atoms with E-state index in [1.54, 1.807) is 12.9 Å². The van der Waals surface area contributed by atoms with E-state index in [9.17, 15) is 0 Å². The van der Waals surface area contributed by atoms with E-state index in [0.29, 0.717) is 0 Å². The SMILES string of the molecule is COC(C)C=C=CP(Oc1ccccc1)Oc1ccccc1. The molecule has 2 rings (SSSR count). The molecule has 0 N–H and O–H groups in total. The second-order valence-electron chi connectivity index (χ2n) is 4.50. The van der Waals surface area contributed by atoms with Crippen LogP contribution in [0.4, 0.5) is 0 Å². The predicted octanol–water partition coefficient (Wildman–Crippen LogP) is 5.16. The number of hydrogen-bond acceptors (Lipinski definition) is 3. The maximum absolute atomic E-state index is 5.90. The highest BCUT2D eigenvalue weighted by atomic mass is 31.2. The van der Waals surface area contributed by atoms with Gasteiger partial charge in [0.15, 0.2) is 0 Å². The van der Waals surface area contributed by atoms with Crippen molar-refractivity contribution in [3.63, 3.8) is 0 Å². The fourth-order valence-corrected chi connectivity index (χ4v) is 2.56. The largest absolute Gasteiger partial charge is 0.435 e. The standard InChI is InChI=1S/C18H19O3P/c1-16(19-2)10-9-15-22(20-17-11-5-3-6-12-17)21-18-13-7-4-8-14-18/h3-8,10-16H,1-2H3. The lowest BCUT2D eigenvalue weighted by atomic mass is 10.3. The molecule has 1 atom stereocenters. The molecule has 114 valence electrons. The summed E-state index contributed by atoms with van der Waals surface area (Å²) in [4.78, 5) is 0. The topological polar surface area (TPSA) is 27.7 Å². The molecular weight excluding hydrogens is 295 g/mol. The van der Waals surface area contributed by atoms with E-state index in [4.69, 9.17) is 13.8 Å². The highest BCUT2D eigenvalue weighted by molar-refractivity contribution is 7.51. The van der Waals surface area contributed by atoms with Crippen molar-refractivity contribution in [2.45, 2.75) is 13.0 Å². The second-order valence-corrected chi connectivity index (χ2v) is 5.69. The van der Waals surface area contributed by atoms with E-state index in [1.807, 2.05) is 73.7 Å². The van der Waals surface area contributed by atoms with Crippen LogP contribution in [0.15, 0.2) is 78.3 Å². The number of methoxy groups -OCH3 is 1. The maximum atomic E-state index is 5.90. The molecule has 0 aromatic heterocycles. The lowest BCUT2D eigenvalue weighted by molar-refractivity contribution is 0.156. The molecule has 0 saturated heterocycles. The van der Waals surface area contributed by atoms with Crippen LogP contribution < -0.4 is 9.05 Å². The van der Waals surface area contributed by atoms with Gasteiger partial charge in [0.25, 0.3) is 0 Å². The molecular formula is C18H19O3P. The van der Waals surface area contributed by atoms with Crippen molar-refractivity contribution in [3.8, 4) is 11.5 Å². The first-order valence-electron chi connectivity index (χ1n) is 6.98. The summed E-state index contributed by atoms with van der Waals surface area (Å²) >= 11 is 0. The first-order chi connectivity index (χ1) is 10.8. The first kappa shape index (κ1) is 16.3. The Morgan fingerprint density at radius 1 is 0.909 bits per heavy atom. The van der Waals surface area contributed by atoms with E-state index in [2.05, 4.69) is 5.73 Å². The zero-order valence-corrected chi connectivity index (χ0v) is 13.6. The van der Waals surface area contributed by atoms with Gasteiger partial charge in [-0.05, 0) is 37.3 Å². The molecule has 0 spiro atoms. The molecule has 0 aliphatic heterocycles. The third-order valence-corrected chi connectivity index (χ3v) is 3.90. The Bertz CT molecular complexity index is 565. The van der Waals surface area contributed by atoms with Gasteiger partial charge in [0.05, 0.1) is 11.9 Å². The highest BCUT2D eigenvalue weighted by Gasteiger charge is 2.10. The number of para-hydroxylation sites is 2. The van der Waals surface area contributed by atoms with Gasteiger partial charge in [-0.3, -0.25) is 0 Å². The molecule has 0 heterocycles. The van der Waals surface area contributed by atoms with Crippen LogP contribution in [0.1, 0.15) is 6.92 Å². The monoisotopic (exact) mass is 314 g/mol. The second kappa shape index (κ2) is 9.07. The smallest absolute Gasteiger partial charge is 0.326 e. The summed E-state index contributed by atoms with van der Waals surface area (Å²) in [6.07, 6.45) is 1.83. The van der Waals surface area contributed by atoms with Gasteiger partial charge >= 0.3 is 8.38 Å². The molecule has 22 heavy (non-hydrogen) atoms. The Morgan fingerprint density at radius 2 is 1.41 bits per heavy atom. The molecule has 2 aromatic rings. The molecule has 3 nitrogen and oxygen atoms in total. The average Bonchev–Trinajstić information content (AvgIpc) is 2.56. The van der Waals surface area contributed by atoms with Crippen molar-refractivity contribution in [1.82, 2.24) is 0 Å². The molecule has 0 radical (unpaired) electrons. The summed E-state index contributed by atoms with van der Waals surface area (Å²) in [7, 11) is 0.388. The molecule has 0 bridgehead atoms. The molecule has 0 saturated carbocycles. The molecule has 0 amide bonds. The molecule has 4 heteroatoms. The zero-order chi connectivity index (χ0) is 15.6. The van der Waals surface area contributed by atoms with Crippen molar-refractivity contribution in [2.24, 2.45) is 0 Å². The molecule has 2 aromatic carbocycles. The van der Waals surface area contributed by atoms with E-state index in [-0.39, 0.29) is 6.10 Å². The summed E-state index contributed by atoms with van der Waals surface area (Å²) in [5, 5.41) is 0. The van der Waals surface area contributed by atoms with Crippen molar-refractivity contribution < 1.29 is 13.8 Å². The van der Waals surface area contributed by atoms with Crippen LogP contribution >= 0.6 is 8.38 Å². The minimum Gasteiger partial charge on any atom is -0.435 e. The van der Waals surface area contributed by atoms with Crippen LogP contribution in [-0.4, -0.2) is 13.2 Å². The van der Waals surface area contributed by atoms with Crippen molar-refractivity contribution >= 4 is 8.38 Å². The molecule has 0 fully saturated rings. The lowest BCUT2D eigenvalue weighted by Gasteiger charge is -2.14. The van der Waals surface area contributed by atoms with Crippen molar-refractivity contribution in [3.05, 3.63) is 78.3 Å². The summed E-state index contributed by atoms with van der Waals surface area (Å²) in [5.74, 6) is 3.33. The quantitative estimate of drug-likeness (QED) is 0.522. The predicted molar refractivity (Wildman–Crippen MR) is 90.2 cm³/mol. The van der Waals surface area contributed by atoms with Crippen molar-refractivity contribution in [2.75, 3.05) is 7.11 Å². The van der Waals surface area contributed by atoms with Gasteiger partial charge in [-0.1, -0.05) is 36.4 Å². The summed E-state index contributed by atoms with van der Waals surface area (Å²) in [5.41, 5.74) is 3.08. The van der Waals surface area contributed by atoms with Crippen LogP contribution in [0.3, 0.4) is 0 Å². The minimum absolute atomic E-state index is 0.00144. The van der Waals surface area contributed by atoms with Crippen LogP contribution in [0, 0.1) is 0 Å². The summed E-state index contributed by atoms with van der Waals surface area (Å²) < 4.78 is 17.0. The third-order valence-electron chi connectivity index (χ3n) is 2.76. The Hall–Kier alpha value is -2.05. The normalized spacial score (nSPS) is 11.4. The highest BCUT2D eigenvalue weighted by Crippen LogP contribution is 2.41. The van der Waals surface area contributed by atoms with Crippen LogP contribution in [0.25, 0.3) is 0 Å². The number of ether oxygens (including phenoxy) is 1. The van der Waals surface area contributed by atoms with Gasteiger partial charge < -0.3 is 13.8 Å². The third kappa shape index (κ3) is 5.75. The zero-order valence-electron chi connectivity index (χ0n) is 12.7. The van der Waals surface area contributed by atoms with Gasteiger partial charge in [0.1, 0.15) is 11.5 Å². The fourth-order valence-electron chi connectivity index (χ4n) is 1.55. The average molecular weight is 314 g/mol. The van der Waals surface area contributed by atoms with Crippen molar-refractivity contribution in [1.29, 1.82) is 0 Å². The van der Waals surface area contributed by atoms with Crippen LogP contribution in [-0.2, 0) is 4.74 Å². The Morgan fingerprint density at radius 3 is 1.86 bits per heavy atom. The van der Waals surface area contributed by atoms with Gasteiger partial charge in [-0.25, -0.2) is 0 Å². The summed E-state index contributed by atoms with van der Waals surface area (Å²) in [6.45, 7) is 1.94. The number of rotatable bonds is 7. The maximum Gasteiger partial charge on any atom is 0.326 e. The lowest BCUT2D eigenvalue weighted by Crippen LogP contribution is -1.97. The van der Waals surface area contributed by atoms with Gasteiger partial charge in [-0.15, -0.1) is 5.73 Å². The molecule has 0 aliphatic carbocycles. The Labute approximate surface area is 132 Å². The molecule has 1 unspecified atom stereocenters. The van der Waals surface area contributed by atoms with Gasteiger partial charge in [-0.2, -0.15) is 0 Å². The number of benzene rings is 2. The summed E-state index contributed by atoms with van der Waals surface area (Å²) in [6, 6.07) is 19.2. The Balaban J connectivity index is 2.11.